The molecule has 53 heavy (non-hydrogen) atoms. The first-order chi connectivity index (χ1) is 25.2. The molecule has 0 fully saturated rings. The number of carbonyl (C=O) groups is 4. The van der Waals surface area contributed by atoms with Crippen molar-refractivity contribution in [3.8, 4) is 6.07 Å². The van der Waals surface area contributed by atoms with E-state index in [0.717, 1.165) is 0 Å². The largest absolute Gasteiger partial charge is 0.465 e. The number of esters is 1. The molecule has 0 aromatic carbocycles. The van der Waals surface area contributed by atoms with Crippen molar-refractivity contribution in [2.75, 3.05) is 6.61 Å². The van der Waals surface area contributed by atoms with Gasteiger partial charge in [-0.2, -0.15) is 22.8 Å². The van der Waals surface area contributed by atoms with Crippen LogP contribution in [0.25, 0.3) is 0 Å². The summed E-state index contributed by atoms with van der Waals surface area (Å²) in [6.45, 7) is 8.22. The Bertz CT molecular complexity index is 1860. The van der Waals surface area contributed by atoms with Gasteiger partial charge in [-0.3, -0.25) is 19.2 Å². The van der Waals surface area contributed by atoms with Gasteiger partial charge in [-0.1, -0.05) is 42.8 Å². The first-order valence-electron chi connectivity index (χ1n) is 16.1. The van der Waals surface area contributed by atoms with Crippen molar-refractivity contribution >= 4 is 39.2 Å². The van der Waals surface area contributed by atoms with E-state index < -0.39 is 53.5 Å². The fourth-order valence-electron chi connectivity index (χ4n) is 4.00. The molecule has 0 aliphatic rings. The van der Waals surface area contributed by atoms with Crippen LogP contribution in [0, 0.1) is 47.0 Å². The molecule has 0 saturated carbocycles. The van der Waals surface area contributed by atoms with Gasteiger partial charge in [0, 0.05) is 42.7 Å². The Kier molecular flexibility index (Phi) is 20.8. The number of aromatic nitrogens is 4. The molecule has 0 amide bonds. The second-order valence-corrected chi connectivity index (χ2v) is 12.0. The minimum atomic E-state index is -1.26. The average Bonchev–Trinajstić information content (AvgIpc) is 3.15. The van der Waals surface area contributed by atoms with Gasteiger partial charge in [0.1, 0.15) is 0 Å². The molecular weight excluding hydrogens is 766 g/mol. The second kappa shape index (κ2) is 24.1. The topological polar surface area (TPSA) is 173 Å². The van der Waals surface area contributed by atoms with Crippen LogP contribution >= 0.6 is 15.9 Å². The molecule has 16 heteroatoms. The number of nitrogens with zero attached hydrogens (tertiary/aromatic N) is 5. The van der Waals surface area contributed by atoms with Gasteiger partial charge in [-0.05, 0) is 62.7 Å². The Hall–Kier alpha value is -5.27. The molecule has 282 valence electrons. The van der Waals surface area contributed by atoms with Gasteiger partial charge in [0.25, 0.3) is 0 Å². The number of alkyl halides is 1. The fourth-order valence-corrected chi connectivity index (χ4v) is 4.25. The van der Waals surface area contributed by atoms with E-state index in [1.54, 1.807) is 45.9 Å². The Labute approximate surface area is 312 Å². The SMILES string of the molecule is CC(Br)C(=O)c1cccnc1F.CCC(=O)c1cccnc1F.CCC(O)c1cccnc1F.CCOC(=O)C(C#N)C(C)C(=O)c1cccnc1F. The standard InChI is InChI=1S/C13H13FN2O3.C8H7BrFNO.C8H10FNO.C8H8FNO/c1-3-19-13(18)10(7-15)8(2)11(17)9-5-4-6-16-12(9)14;1-5(9)7(12)6-3-2-4-11-8(6)10;2*1-2-7(11)6-4-3-5-10-8(6)9/h4-6,8,10H,3H2,1-2H3;2-5H,1H3;3-5,7,11H,2H2,1H3;3-5H,2H2,1H3. The van der Waals surface area contributed by atoms with Crippen LogP contribution in [-0.4, -0.2) is 59.8 Å². The lowest BCUT2D eigenvalue weighted by Crippen LogP contribution is -2.29. The number of hydrogen-bond acceptors (Lipinski definition) is 11. The molecule has 4 aromatic heterocycles. The van der Waals surface area contributed by atoms with E-state index in [1.165, 1.54) is 68.1 Å². The van der Waals surface area contributed by atoms with Crippen molar-refractivity contribution in [1.29, 1.82) is 5.26 Å². The zero-order chi connectivity index (χ0) is 40.1. The summed E-state index contributed by atoms with van der Waals surface area (Å²) in [5, 5.41) is 18.2. The number of rotatable bonds is 11. The van der Waals surface area contributed by atoms with Gasteiger partial charge in [0.05, 0.1) is 40.3 Å². The molecule has 4 heterocycles. The first kappa shape index (κ1) is 45.8. The van der Waals surface area contributed by atoms with E-state index in [2.05, 4.69) is 35.9 Å². The molecule has 0 aliphatic carbocycles. The van der Waals surface area contributed by atoms with Crippen LogP contribution in [0.4, 0.5) is 17.6 Å². The molecule has 0 radical (unpaired) electrons. The third kappa shape index (κ3) is 14.7. The lowest BCUT2D eigenvalue weighted by Gasteiger charge is -2.15. The number of halogens is 5. The molecule has 4 unspecified atom stereocenters. The number of aliphatic hydroxyl groups is 1. The number of ether oxygens (including phenoxy) is 1. The highest BCUT2D eigenvalue weighted by Gasteiger charge is 2.33. The van der Waals surface area contributed by atoms with E-state index in [9.17, 15) is 41.8 Å². The molecule has 11 nitrogen and oxygen atoms in total. The number of hydrogen-bond donors (Lipinski definition) is 1. The van der Waals surface area contributed by atoms with Crippen LogP contribution < -0.4 is 0 Å². The van der Waals surface area contributed by atoms with Crippen molar-refractivity contribution in [2.45, 2.75) is 58.4 Å². The van der Waals surface area contributed by atoms with Crippen molar-refractivity contribution in [1.82, 2.24) is 19.9 Å². The maximum absolute atomic E-state index is 13.4. The van der Waals surface area contributed by atoms with Crippen LogP contribution in [0.5, 0.6) is 0 Å². The summed E-state index contributed by atoms with van der Waals surface area (Å²) in [5.41, 5.74) is 0.145. The lowest BCUT2D eigenvalue weighted by atomic mass is 9.88. The maximum atomic E-state index is 13.4. The molecule has 1 N–H and O–H groups in total. The smallest absolute Gasteiger partial charge is 0.324 e. The van der Waals surface area contributed by atoms with Crippen molar-refractivity contribution in [2.24, 2.45) is 11.8 Å². The minimum absolute atomic E-state index is 0.0295. The molecule has 0 spiro atoms. The monoisotopic (exact) mass is 803 g/mol. The summed E-state index contributed by atoms with van der Waals surface area (Å²) in [7, 11) is 0. The molecule has 0 aliphatic heterocycles. The van der Waals surface area contributed by atoms with E-state index >= 15 is 0 Å². The van der Waals surface area contributed by atoms with E-state index in [-0.39, 0.29) is 45.3 Å². The number of ketones is 3. The average molecular weight is 805 g/mol. The van der Waals surface area contributed by atoms with Crippen LogP contribution in [0.2, 0.25) is 0 Å². The highest BCUT2D eigenvalue weighted by molar-refractivity contribution is 9.10. The zero-order valence-electron chi connectivity index (χ0n) is 29.5. The van der Waals surface area contributed by atoms with Gasteiger partial charge in [0.15, 0.2) is 23.3 Å². The zero-order valence-corrected chi connectivity index (χ0v) is 31.1. The van der Waals surface area contributed by atoms with Gasteiger partial charge < -0.3 is 9.84 Å². The molecule has 0 saturated heterocycles. The number of nitriles is 1. The summed E-state index contributed by atoms with van der Waals surface area (Å²) >= 11 is 3.07. The summed E-state index contributed by atoms with van der Waals surface area (Å²) in [4.78, 5) is 58.9. The molecule has 0 bridgehead atoms. The van der Waals surface area contributed by atoms with Crippen molar-refractivity contribution in [3.05, 3.63) is 119 Å². The Morgan fingerprint density at radius 2 is 1.19 bits per heavy atom. The predicted molar refractivity (Wildman–Crippen MR) is 189 cm³/mol. The fraction of sp³-hybridized carbons (Fsp3) is 0.324. The predicted octanol–water partition coefficient (Wildman–Crippen LogP) is 7.41. The van der Waals surface area contributed by atoms with Crippen molar-refractivity contribution in [3.63, 3.8) is 0 Å². The summed E-state index contributed by atoms with van der Waals surface area (Å²) in [6.07, 6.45) is 5.28. The van der Waals surface area contributed by atoms with Crippen LogP contribution in [0.15, 0.2) is 73.3 Å². The first-order valence-corrected chi connectivity index (χ1v) is 17.0. The van der Waals surface area contributed by atoms with Crippen LogP contribution in [-0.2, 0) is 9.53 Å². The third-order valence-corrected chi connectivity index (χ3v) is 7.33. The maximum Gasteiger partial charge on any atom is 0.324 e. The summed E-state index contributed by atoms with van der Waals surface area (Å²) in [5.74, 6) is -7.08. The number of Topliss-reactive ketones (excluding diaryl/α,β-unsaturated/α-hetero) is 3. The quantitative estimate of drug-likeness (QED) is 0.0526. The molecule has 4 rings (SSSR count). The molecule has 4 aromatic rings. The van der Waals surface area contributed by atoms with Gasteiger partial charge >= 0.3 is 5.97 Å². The summed E-state index contributed by atoms with van der Waals surface area (Å²) in [6, 6.07) is 13.5. The second-order valence-electron chi connectivity index (χ2n) is 10.6. The van der Waals surface area contributed by atoms with E-state index in [4.69, 9.17) is 10.00 Å². The number of carbonyl (C=O) groups excluding carboxylic acids is 4. The molecular formula is C37H38BrF4N5O6. The van der Waals surface area contributed by atoms with E-state index in [0.29, 0.717) is 12.8 Å². The van der Waals surface area contributed by atoms with Gasteiger partial charge in [-0.25, -0.2) is 19.9 Å². The van der Waals surface area contributed by atoms with E-state index in [1.807, 2.05) is 0 Å². The lowest BCUT2D eigenvalue weighted by molar-refractivity contribution is -0.147. The van der Waals surface area contributed by atoms with Gasteiger partial charge in [0.2, 0.25) is 23.8 Å². The van der Waals surface area contributed by atoms with Crippen molar-refractivity contribution < 1.29 is 46.6 Å². The Balaban J connectivity index is 0.000000364. The van der Waals surface area contributed by atoms with Gasteiger partial charge in [-0.15, -0.1) is 0 Å². The minimum Gasteiger partial charge on any atom is -0.465 e. The molecule has 4 atom stereocenters. The number of aliphatic hydroxyl groups excluding tert-OH is 1. The van der Waals surface area contributed by atoms with Crippen LogP contribution in [0.1, 0.15) is 90.2 Å². The third-order valence-electron chi connectivity index (χ3n) is 6.92. The highest BCUT2D eigenvalue weighted by Crippen LogP contribution is 2.20. The highest BCUT2D eigenvalue weighted by atomic mass is 79.9. The Morgan fingerprint density at radius 3 is 1.57 bits per heavy atom. The Morgan fingerprint density at radius 1 is 0.755 bits per heavy atom. The number of pyridine rings is 4. The normalized spacial score (nSPS) is 12.3. The summed E-state index contributed by atoms with van der Waals surface area (Å²) < 4.78 is 56.4. The van der Waals surface area contributed by atoms with Crippen LogP contribution in [0.3, 0.4) is 0 Å².